The van der Waals surface area contributed by atoms with Crippen molar-refractivity contribution in [1.29, 1.82) is 0 Å². The van der Waals surface area contributed by atoms with E-state index in [1.54, 1.807) is 11.3 Å². The van der Waals surface area contributed by atoms with Crippen LogP contribution in [0.1, 0.15) is 24.6 Å². The van der Waals surface area contributed by atoms with Crippen LogP contribution in [0.15, 0.2) is 33.1 Å². The summed E-state index contributed by atoms with van der Waals surface area (Å²) in [6.07, 6.45) is 6.62. The summed E-state index contributed by atoms with van der Waals surface area (Å²) in [6.45, 7) is 3.71. The summed E-state index contributed by atoms with van der Waals surface area (Å²) in [5.74, 6) is 0.913. The maximum atomic E-state index is 4.62. The zero-order chi connectivity index (χ0) is 12.8. The van der Waals surface area contributed by atoms with Crippen LogP contribution in [0.2, 0.25) is 0 Å². The predicted molar refractivity (Wildman–Crippen MR) is 82.1 cm³/mol. The Labute approximate surface area is 121 Å². The second kappa shape index (κ2) is 6.95. The van der Waals surface area contributed by atoms with E-state index < -0.39 is 0 Å². The first kappa shape index (κ1) is 13.6. The van der Waals surface area contributed by atoms with E-state index in [4.69, 9.17) is 0 Å². The molecule has 1 heterocycles. The Morgan fingerprint density at radius 3 is 2.89 bits per heavy atom. The van der Waals surface area contributed by atoms with Crippen molar-refractivity contribution in [3.63, 3.8) is 0 Å². The fraction of sp³-hybridized carbons (Fsp3) is 0.462. The van der Waals surface area contributed by atoms with Crippen LogP contribution in [0.4, 0.5) is 0 Å². The molecule has 0 amide bonds. The number of guanidine groups is 1. The standard InChI is InChI=1S/C13H18BrN3S/c1-2-15-13(17-11-5-3-4-6-11)16-8-12-7-10(14)9-18-12/h3-4,7,9,11H,2,5-6,8H2,1H3,(H2,15,16,17). The van der Waals surface area contributed by atoms with Crippen LogP contribution in [-0.4, -0.2) is 18.5 Å². The van der Waals surface area contributed by atoms with Crippen molar-refractivity contribution >= 4 is 33.2 Å². The number of halogens is 1. The number of aliphatic imine (C=N–C) groups is 1. The van der Waals surface area contributed by atoms with Crippen molar-refractivity contribution in [3.05, 3.63) is 32.9 Å². The van der Waals surface area contributed by atoms with Gasteiger partial charge in [-0.2, -0.15) is 0 Å². The number of nitrogens with zero attached hydrogens (tertiary/aromatic N) is 1. The molecule has 2 N–H and O–H groups in total. The van der Waals surface area contributed by atoms with Crippen molar-refractivity contribution in [2.45, 2.75) is 32.4 Å². The molecule has 0 radical (unpaired) electrons. The van der Waals surface area contributed by atoms with Crippen LogP contribution in [0, 0.1) is 0 Å². The first-order valence-electron chi connectivity index (χ1n) is 6.20. The topological polar surface area (TPSA) is 36.4 Å². The van der Waals surface area contributed by atoms with E-state index >= 15 is 0 Å². The van der Waals surface area contributed by atoms with Crippen LogP contribution < -0.4 is 10.6 Å². The van der Waals surface area contributed by atoms with Crippen LogP contribution in [0.5, 0.6) is 0 Å². The largest absolute Gasteiger partial charge is 0.357 e. The Bertz CT molecular complexity index is 431. The molecule has 1 aromatic heterocycles. The Hall–Kier alpha value is -0.810. The Kier molecular flexibility index (Phi) is 5.26. The Morgan fingerprint density at radius 1 is 1.50 bits per heavy atom. The molecule has 98 valence electrons. The highest BCUT2D eigenvalue weighted by Crippen LogP contribution is 2.20. The highest BCUT2D eigenvalue weighted by molar-refractivity contribution is 9.10. The Balaban J connectivity index is 1.91. The number of nitrogens with one attached hydrogen (secondary N) is 2. The number of thiophene rings is 1. The summed E-state index contributed by atoms with van der Waals surface area (Å²) in [4.78, 5) is 5.88. The van der Waals surface area contributed by atoms with Crippen LogP contribution in [0.25, 0.3) is 0 Å². The molecule has 0 atom stereocenters. The van der Waals surface area contributed by atoms with Gasteiger partial charge in [0, 0.05) is 27.3 Å². The lowest BCUT2D eigenvalue weighted by atomic mass is 10.2. The van der Waals surface area contributed by atoms with E-state index in [2.05, 4.69) is 62.1 Å². The van der Waals surface area contributed by atoms with Crippen LogP contribution in [0.3, 0.4) is 0 Å². The minimum Gasteiger partial charge on any atom is -0.357 e. The second-order valence-electron chi connectivity index (χ2n) is 4.21. The molecule has 0 aliphatic heterocycles. The lowest BCUT2D eigenvalue weighted by Gasteiger charge is -2.16. The molecule has 0 fully saturated rings. The lowest BCUT2D eigenvalue weighted by Crippen LogP contribution is -2.42. The number of hydrogen-bond acceptors (Lipinski definition) is 2. The fourth-order valence-corrected chi connectivity index (χ4v) is 3.22. The molecule has 3 nitrogen and oxygen atoms in total. The third-order valence-corrected chi connectivity index (χ3v) is 4.39. The van der Waals surface area contributed by atoms with Gasteiger partial charge in [-0.25, -0.2) is 4.99 Å². The summed E-state index contributed by atoms with van der Waals surface area (Å²) < 4.78 is 1.13. The maximum absolute atomic E-state index is 4.62. The average Bonchev–Trinajstić information content (AvgIpc) is 2.98. The lowest BCUT2D eigenvalue weighted by molar-refractivity contribution is 0.633. The molecule has 0 saturated carbocycles. The number of rotatable bonds is 4. The smallest absolute Gasteiger partial charge is 0.191 e. The van der Waals surface area contributed by atoms with Crippen LogP contribution in [-0.2, 0) is 6.54 Å². The average molecular weight is 328 g/mol. The van der Waals surface area contributed by atoms with Gasteiger partial charge < -0.3 is 10.6 Å². The van der Waals surface area contributed by atoms with Gasteiger partial charge in [-0.1, -0.05) is 12.2 Å². The molecule has 1 aliphatic carbocycles. The van der Waals surface area contributed by atoms with E-state index in [1.165, 1.54) is 4.88 Å². The normalized spacial score (nSPS) is 16.2. The minimum absolute atomic E-state index is 0.498. The minimum atomic E-state index is 0.498. The molecule has 1 aliphatic rings. The first-order valence-corrected chi connectivity index (χ1v) is 7.88. The monoisotopic (exact) mass is 327 g/mol. The van der Waals surface area contributed by atoms with Gasteiger partial charge in [0.1, 0.15) is 0 Å². The summed E-state index contributed by atoms with van der Waals surface area (Å²) in [5, 5.41) is 8.84. The van der Waals surface area contributed by atoms with Gasteiger partial charge in [-0.05, 0) is 41.8 Å². The molecular weight excluding hydrogens is 310 g/mol. The molecule has 0 saturated heterocycles. The molecule has 0 aromatic carbocycles. The van der Waals surface area contributed by atoms with E-state index in [9.17, 15) is 0 Å². The first-order chi connectivity index (χ1) is 8.78. The highest BCUT2D eigenvalue weighted by atomic mass is 79.9. The molecule has 2 rings (SSSR count). The molecule has 5 heteroatoms. The van der Waals surface area contributed by atoms with Gasteiger partial charge in [-0.3, -0.25) is 0 Å². The second-order valence-corrected chi connectivity index (χ2v) is 6.12. The third kappa shape index (κ3) is 4.14. The van der Waals surface area contributed by atoms with Gasteiger partial charge in [0.15, 0.2) is 5.96 Å². The summed E-state index contributed by atoms with van der Waals surface area (Å²) in [6, 6.07) is 2.62. The van der Waals surface area contributed by atoms with E-state index in [-0.39, 0.29) is 0 Å². The SMILES string of the molecule is CCNC(=NCc1cc(Br)cs1)NC1CC=CC1. The van der Waals surface area contributed by atoms with Gasteiger partial charge >= 0.3 is 0 Å². The molecule has 0 bridgehead atoms. The van der Waals surface area contributed by atoms with Crippen LogP contribution >= 0.6 is 27.3 Å². The van der Waals surface area contributed by atoms with Crippen molar-refractivity contribution < 1.29 is 0 Å². The predicted octanol–water partition coefficient (Wildman–Crippen LogP) is 3.28. The van der Waals surface area contributed by atoms with Crippen molar-refractivity contribution in [1.82, 2.24) is 10.6 Å². The molecule has 0 spiro atoms. The van der Waals surface area contributed by atoms with Gasteiger partial charge in [-0.15, -0.1) is 11.3 Å². The molecular formula is C13H18BrN3S. The van der Waals surface area contributed by atoms with E-state index in [0.29, 0.717) is 6.04 Å². The number of hydrogen-bond donors (Lipinski definition) is 2. The maximum Gasteiger partial charge on any atom is 0.191 e. The summed E-state index contributed by atoms with van der Waals surface area (Å²) in [5.41, 5.74) is 0. The zero-order valence-electron chi connectivity index (χ0n) is 10.4. The van der Waals surface area contributed by atoms with Gasteiger partial charge in [0.2, 0.25) is 0 Å². The third-order valence-electron chi connectivity index (χ3n) is 2.71. The van der Waals surface area contributed by atoms with Gasteiger partial charge in [0.25, 0.3) is 0 Å². The van der Waals surface area contributed by atoms with Crippen molar-refractivity contribution in [3.8, 4) is 0 Å². The zero-order valence-corrected chi connectivity index (χ0v) is 12.9. The molecule has 1 aromatic rings. The molecule has 0 unspecified atom stereocenters. The summed E-state index contributed by atoms with van der Waals surface area (Å²) >= 11 is 5.19. The van der Waals surface area contributed by atoms with Crippen molar-refractivity contribution in [2.24, 2.45) is 4.99 Å². The quantitative estimate of drug-likeness (QED) is 0.506. The molecule has 18 heavy (non-hydrogen) atoms. The summed E-state index contributed by atoms with van der Waals surface area (Å²) in [7, 11) is 0. The highest BCUT2D eigenvalue weighted by Gasteiger charge is 2.11. The fourth-order valence-electron chi connectivity index (χ4n) is 1.84. The van der Waals surface area contributed by atoms with E-state index in [0.717, 1.165) is 36.4 Å². The van der Waals surface area contributed by atoms with Gasteiger partial charge in [0.05, 0.1) is 6.54 Å². The Morgan fingerprint density at radius 2 is 2.28 bits per heavy atom. The van der Waals surface area contributed by atoms with E-state index in [1.807, 2.05) is 0 Å². The van der Waals surface area contributed by atoms with Crippen molar-refractivity contribution in [2.75, 3.05) is 6.54 Å².